The number of thioether (sulfide) groups is 1. The molecule has 0 aliphatic carbocycles. The molecule has 2 rings (SSSR count). The highest BCUT2D eigenvalue weighted by atomic mass is 32.2. The fourth-order valence-electron chi connectivity index (χ4n) is 3.38. The maximum Gasteiger partial charge on any atom is 0.314 e. The van der Waals surface area contributed by atoms with E-state index in [1.165, 1.54) is 22.9 Å². The molecule has 4 nitrogen and oxygen atoms in total. The monoisotopic (exact) mass is 428 g/mol. The van der Waals surface area contributed by atoms with Gasteiger partial charge in [0.15, 0.2) is 0 Å². The van der Waals surface area contributed by atoms with Crippen molar-refractivity contribution in [2.45, 2.75) is 64.2 Å². The predicted molar refractivity (Wildman–Crippen MR) is 122 cm³/mol. The molecule has 0 spiro atoms. The molecule has 0 saturated carbocycles. The number of hydrogen-bond donors (Lipinski definition) is 2. The van der Waals surface area contributed by atoms with Crippen molar-refractivity contribution < 1.29 is 19.8 Å². The molecule has 1 atom stereocenters. The lowest BCUT2D eigenvalue weighted by atomic mass is 9.76. The summed E-state index contributed by atoms with van der Waals surface area (Å²) >= 11 is 1.50. The van der Waals surface area contributed by atoms with Crippen LogP contribution in [0.25, 0.3) is 0 Å². The van der Waals surface area contributed by atoms with Gasteiger partial charge in [-0.25, -0.2) is 0 Å². The van der Waals surface area contributed by atoms with E-state index in [1.807, 2.05) is 36.4 Å². The summed E-state index contributed by atoms with van der Waals surface area (Å²) in [5, 5.41) is 19.3. The lowest BCUT2D eigenvalue weighted by molar-refractivity contribution is -0.145. The molecular formula is C25H32O4S. The van der Waals surface area contributed by atoms with E-state index in [-0.39, 0.29) is 0 Å². The van der Waals surface area contributed by atoms with Crippen LogP contribution in [0.3, 0.4) is 0 Å². The molecule has 162 valence electrons. The number of benzene rings is 2. The molecular weight excluding hydrogens is 396 g/mol. The number of aryl methyl sites for hydroxylation is 2. The summed E-state index contributed by atoms with van der Waals surface area (Å²) < 4.78 is 0. The molecule has 2 aromatic rings. The Kier molecular flexibility index (Phi) is 7.75. The second-order valence-corrected chi connectivity index (χ2v) is 9.68. The van der Waals surface area contributed by atoms with Gasteiger partial charge < -0.3 is 10.2 Å². The molecule has 0 aromatic heterocycles. The zero-order chi connectivity index (χ0) is 22.5. The lowest BCUT2D eigenvalue weighted by Crippen LogP contribution is -2.35. The maximum atomic E-state index is 12.3. The molecule has 1 unspecified atom stereocenters. The molecule has 0 amide bonds. The second-order valence-electron chi connectivity index (χ2n) is 8.63. The summed E-state index contributed by atoms with van der Waals surface area (Å²) in [7, 11) is 0. The Morgan fingerprint density at radius 3 is 1.97 bits per heavy atom. The average Bonchev–Trinajstić information content (AvgIpc) is 2.72. The molecule has 0 heterocycles. The Bertz CT molecular complexity index is 902. The van der Waals surface area contributed by atoms with Crippen molar-refractivity contribution in [1.29, 1.82) is 0 Å². The lowest BCUT2D eigenvalue weighted by Gasteiger charge is -2.27. The van der Waals surface area contributed by atoms with Crippen molar-refractivity contribution in [3.63, 3.8) is 0 Å². The molecule has 0 bridgehead atoms. The molecule has 0 radical (unpaired) electrons. The fourth-order valence-corrected chi connectivity index (χ4v) is 4.36. The van der Waals surface area contributed by atoms with Crippen LogP contribution in [0.2, 0.25) is 0 Å². The van der Waals surface area contributed by atoms with Crippen molar-refractivity contribution >= 4 is 23.7 Å². The van der Waals surface area contributed by atoms with Crippen molar-refractivity contribution in [2.24, 2.45) is 5.41 Å². The van der Waals surface area contributed by atoms with Crippen LogP contribution in [-0.4, -0.2) is 27.9 Å². The second kappa shape index (κ2) is 9.69. The standard InChI is InChI=1S/C25H32O4S/c1-6-18-10-11-20(14-19(18)7-2)25(5,23(28)29)15-17-8-12-21(13-9-17)30-16-24(3,4)22(26)27/h8-14H,6-7,15-16H2,1-5H3,(H,26,27)(H,28,29). The summed E-state index contributed by atoms with van der Waals surface area (Å²) in [6.45, 7) is 9.42. The van der Waals surface area contributed by atoms with Crippen molar-refractivity contribution in [1.82, 2.24) is 0 Å². The van der Waals surface area contributed by atoms with Crippen LogP contribution in [0, 0.1) is 5.41 Å². The van der Waals surface area contributed by atoms with E-state index in [1.54, 1.807) is 20.8 Å². The van der Waals surface area contributed by atoms with E-state index in [9.17, 15) is 19.8 Å². The highest BCUT2D eigenvalue weighted by Gasteiger charge is 2.36. The normalized spacial score (nSPS) is 13.6. The third kappa shape index (κ3) is 5.45. The summed E-state index contributed by atoms with van der Waals surface area (Å²) in [4.78, 5) is 24.5. The summed E-state index contributed by atoms with van der Waals surface area (Å²) in [5.41, 5.74) is 2.42. The summed E-state index contributed by atoms with van der Waals surface area (Å²) in [5.74, 6) is -1.18. The first-order chi connectivity index (χ1) is 14.0. The Morgan fingerprint density at radius 1 is 0.867 bits per heavy atom. The van der Waals surface area contributed by atoms with Gasteiger partial charge in [-0.05, 0) is 74.4 Å². The van der Waals surface area contributed by atoms with Crippen molar-refractivity contribution in [3.8, 4) is 0 Å². The van der Waals surface area contributed by atoms with Crippen LogP contribution in [-0.2, 0) is 34.3 Å². The molecule has 5 heteroatoms. The summed E-state index contributed by atoms with van der Waals surface area (Å²) in [6.07, 6.45) is 2.21. The molecule has 2 aromatic carbocycles. The predicted octanol–water partition coefficient (Wildman–Crippen LogP) is 5.60. The van der Waals surface area contributed by atoms with E-state index in [0.29, 0.717) is 12.2 Å². The summed E-state index contributed by atoms with van der Waals surface area (Å²) in [6, 6.07) is 13.8. The van der Waals surface area contributed by atoms with Crippen LogP contribution in [0.15, 0.2) is 47.4 Å². The number of hydrogen-bond acceptors (Lipinski definition) is 3. The van der Waals surface area contributed by atoms with Crippen molar-refractivity contribution in [3.05, 3.63) is 64.7 Å². The van der Waals surface area contributed by atoms with Gasteiger partial charge in [0, 0.05) is 10.6 Å². The van der Waals surface area contributed by atoms with Gasteiger partial charge in [-0.2, -0.15) is 0 Å². The average molecular weight is 429 g/mol. The zero-order valence-corrected chi connectivity index (χ0v) is 19.3. The highest BCUT2D eigenvalue weighted by molar-refractivity contribution is 7.99. The highest BCUT2D eigenvalue weighted by Crippen LogP contribution is 2.32. The Balaban J connectivity index is 2.23. The SMILES string of the molecule is CCc1ccc(C(C)(Cc2ccc(SCC(C)(C)C(=O)O)cc2)C(=O)O)cc1CC. The Hall–Kier alpha value is -2.27. The molecule has 0 fully saturated rings. The van der Waals surface area contributed by atoms with Gasteiger partial charge in [0.25, 0.3) is 0 Å². The van der Waals surface area contributed by atoms with Gasteiger partial charge in [-0.3, -0.25) is 9.59 Å². The molecule has 0 saturated heterocycles. The zero-order valence-electron chi connectivity index (χ0n) is 18.5. The van der Waals surface area contributed by atoms with E-state index < -0.39 is 22.8 Å². The smallest absolute Gasteiger partial charge is 0.314 e. The molecule has 0 aliphatic rings. The van der Waals surface area contributed by atoms with E-state index >= 15 is 0 Å². The van der Waals surface area contributed by atoms with E-state index in [4.69, 9.17) is 0 Å². The van der Waals surface area contributed by atoms with Crippen LogP contribution < -0.4 is 0 Å². The molecule has 30 heavy (non-hydrogen) atoms. The number of carbonyl (C=O) groups is 2. The minimum absolute atomic E-state index is 0.391. The number of carboxylic acid groups (broad SMARTS) is 2. The quantitative estimate of drug-likeness (QED) is 0.482. The first-order valence-corrected chi connectivity index (χ1v) is 11.3. The van der Waals surface area contributed by atoms with Gasteiger partial charge in [0.1, 0.15) is 0 Å². The van der Waals surface area contributed by atoms with Gasteiger partial charge in [-0.1, -0.05) is 44.2 Å². The van der Waals surface area contributed by atoms with Crippen LogP contribution >= 0.6 is 11.8 Å². The van der Waals surface area contributed by atoms with Crippen LogP contribution in [0.1, 0.15) is 56.9 Å². The fraction of sp³-hybridized carbons (Fsp3) is 0.440. The third-order valence-electron chi connectivity index (χ3n) is 5.74. The van der Waals surface area contributed by atoms with Crippen LogP contribution in [0.5, 0.6) is 0 Å². The van der Waals surface area contributed by atoms with Crippen LogP contribution in [0.4, 0.5) is 0 Å². The van der Waals surface area contributed by atoms with Gasteiger partial charge in [-0.15, -0.1) is 11.8 Å². The topological polar surface area (TPSA) is 74.6 Å². The number of aliphatic carboxylic acids is 2. The maximum absolute atomic E-state index is 12.3. The van der Waals surface area contributed by atoms with Crippen molar-refractivity contribution in [2.75, 3.05) is 5.75 Å². The minimum atomic E-state index is -1.02. The van der Waals surface area contributed by atoms with Gasteiger partial charge >= 0.3 is 11.9 Å². The first-order valence-electron chi connectivity index (χ1n) is 10.3. The third-order valence-corrected chi connectivity index (χ3v) is 7.21. The first kappa shape index (κ1) is 24.0. The minimum Gasteiger partial charge on any atom is -0.481 e. The van der Waals surface area contributed by atoms with Gasteiger partial charge in [0.2, 0.25) is 0 Å². The van der Waals surface area contributed by atoms with E-state index in [2.05, 4.69) is 19.9 Å². The Labute approximate surface area is 183 Å². The largest absolute Gasteiger partial charge is 0.481 e. The molecule has 2 N–H and O–H groups in total. The molecule has 0 aliphatic heterocycles. The number of rotatable bonds is 10. The number of carboxylic acids is 2. The van der Waals surface area contributed by atoms with Gasteiger partial charge in [0.05, 0.1) is 10.8 Å². The Morgan fingerprint density at radius 2 is 1.47 bits per heavy atom. The van der Waals surface area contributed by atoms with E-state index in [0.717, 1.165) is 28.9 Å².